The molecule has 0 unspecified atom stereocenters. The maximum Gasteiger partial charge on any atom is 0.290 e. The third-order valence-corrected chi connectivity index (χ3v) is 4.73. The van der Waals surface area contributed by atoms with Crippen molar-refractivity contribution in [3.05, 3.63) is 34.2 Å². The van der Waals surface area contributed by atoms with Gasteiger partial charge in [0.1, 0.15) is 0 Å². The first-order valence-electron chi connectivity index (χ1n) is 7.57. The molecule has 2 heterocycles. The summed E-state index contributed by atoms with van der Waals surface area (Å²) in [5.74, 6) is -3.47. The number of amides is 2. The second kappa shape index (κ2) is 6.52. The molecule has 2 saturated heterocycles. The number of anilines is 1. The summed E-state index contributed by atoms with van der Waals surface area (Å²) in [7, 11) is 0. The van der Waals surface area contributed by atoms with E-state index in [1.165, 1.54) is 18.2 Å². The predicted molar refractivity (Wildman–Crippen MR) is 90.2 cm³/mol. The van der Waals surface area contributed by atoms with Gasteiger partial charge in [-0.2, -0.15) is 0 Å². The third kappa shape index (κ3) is 3.59. The number of carbonyl (C=O) groups excluding carboxylic acids is 2. The number of hydrogen-bond acceptors (Lipinski definition) is 5. The topological polar surface area (TPSA) is 61.4 Å². The molecule has 5 nitrogen and oxygen atoms in total. The molecule has 0 radical (unpaired) electrons. The summed E-state index contributed by atoms with van der Waals surface area (Å²) in [6.45, 7) is 3.93. The van der Waals surface area contributed by atoms with Crippen LogP contribution in [0.15, 0.2) is 23.1 Å². The van der Waals surface area contributed by atoms with Crippen molar-refractivity contribution in [2.24, 2.45) is 0 Å². The molecule has 1 aromatic rings. The molecular formula is C16H17F2N3O2S. The average Bonchev–Trinajstić information content (AvgIpc) is 2.85. The number of nitrogens with zero attached hydrogens (tertiary/aromatic N) is 1. The van der Waals surface area contributed by atoms with E-state index in [0.717, 1.165) is 50.6 Å². The number of rotatable bonds is 3. The van der Waals surface area contributed by atoms with Gasteiger partial charge in [0.05, 0.1) is 4.91 Å². The number of benzene rings is 1. The number of halogens is 2. The summed E-state index contributed by atoms with van der Waals surface area (Å²) in [4.78, 5) is 25.4. The molecule has 0 spiro atoms. The van der Waals surface area contributed by atoms with Gasteiger partial charge in [-0.25, -0.2) is 8.78 Å². The average molecular weight is 353 g/mol. The molecule has 2 aliphatic heterocycles. The first kappa shape index (κ1) is 16.9. The number of alkyl halides is 2. The molecule has 24 heavy (non-hydrogen) atoms. The van der Waals surface area contributed by atoms with E-state index in [9.17, 15) is 18.4 Å². The van der Waals surface area contributed by atoms with Gasteiger partial charge in [0.15, 0.2) is 0 Å². The monoisotopic (exact) mass is 353 g/mol. The van der Waals surface area contributed by atoms with Crippen molar-refractivity contribution in [2.45, 2.75) is 12.8 Å². The Labute approximate surface area is 142 Å². The highest BCUT2D eigenvalue weighted by Gasteiger charge is 2.28. The normalized spacial score (nSPS) is 20.6. The van der Waals surface area contributed by atoms with E-state index in [2.05, 4.69) is 15.5 Å². The van der Waals surface area contributed by atoms with Crippen LogP contribution in [0.25, 0.3) is 6.08 Å². The molecule has 2 amide bonds. The molecule has 128 valence electrons. The van der Waals surface area contributed by atoms with Crippen LogP contribution in [0.5, 0.6) is 0 Å². The largest absolute Gasteiger partial charge is 0.369 e. The number of hydrogen-bond donors (Lipinski definition) is 2. The number of carbonyl (C=O) groups is 2. The number of imide groups is 1. The summed E-state index contributed by atoms with van der Waals surface area (Å²) in [5, 5.41) is 4.96. The fourth-order valence-corrected chi connectivity index (χ4v) is 3.37. The zero-order valence-electron chi connectivity index (χ0n) is 13.1. The van der Waals surface area contributed by atoms with E-state index in [4.69, 9.17) is 0 Å². The number of piperazine rings is 1. The molecule has 2 aliphatic rings. The Kier molecular flexibility index (Phi) is 4.60. The second-order valence-corrected chi connectivity index (χ2v) is 6.77. The first-order valence-corrected chi connectivity index (χ1v) is 8.39. The zero-order chi connectivity index (χ0) is 17.3. The smallest absolute Gasteiger partial charge is 0.290 e. The minimum Gasteiger partial charge on any atom is -0.369 e. The van der Waals surface area contributed by atoms with Crippen molar-refractivity contribution in [3.63, 3.8) is 0 Å². The van der Waals surface area contributed by atoms with E-state index in [1.807, 2.05) is 0 Å². The van der Waals surface area contributed by atoms with E-state index < -0.39 is 17.1 Å². The van der Waals surface area contributed by atoms with Crippen molar-refractivity contribution in [3.8, 4) is 0 Å². The third-order valence-electron chi connectivity index (χ3n) is 3.92. The SMILES string of the molecule is CC(F)(F)c1ccc(N2CCNCC2)c(C=C2SC(=O)NC2=O)c1. The predicted octanol–water partition coefficient (Wildman–Crippen LogP) is 2.53. The van der Waals surface area contributed by atoms with Gasteiger partial charge in [0.25, 0.3) is 17.1 Å². The lowest BCUT2D eigenvalue weighted by atomic mass is 10.0. The number of thioether (sulfide) groups is 1. The Morgan fingerprint density at radius 2 is 1.96 bits per heavy atom. The summed E-state index contributed by atoms with van der Waals surface area (Å²) < 4.78 is 27.4. The fourth-order valence-electron chi connectivity index (χ4n) is 2.70. The van der Waals surface area contributed by atoms with Crippen molar-refractivity contribution < 1.29 is 18.4 Å². The van der Waals surface area contributed by atoms with Crippen molar-refractivity contribution in [2.75, 3.05) is 31.1 Å². The fraction of sp³-hybridized carbons (Fsp3) is 0.375. The molecule has 0 bridgehead atoms. The van der Waals surface area contributed by atoms with Crippen LogP contribution in [0.2, 0.25) is 0 Å². The Balaban J connectivity index is 2.04. The minimum atomic E-state index is -2.98. The molecule has 3 rings (SSSR count). The van der Waals surface area contributed by atoms with Gasteiger partial charge in [-0.15, -0.1) is 0 Å². The van der Waals surface area contributed by atoms with Crippen molar-refractivity contribution in [1.82, 2.24) is 10.6 Å². The Bertz CT molecular complexity index is 710. The standard InChI is InChI=1S/C16H17F2N3O2S/c1-16(17,18)11-2-3-12(21-6-4-19-5-7-21)10(8-11)9-13-14(22)20-15(23)24-13/h2-3,8-9,19H,4-7H2,1H3,(H,20,22,23). The summed E-state index contributed by atoms with van der Waals surface area (Å²) in [6, 6.07) is 4.46. The van der Waals surface area contributed by atoms with Gasteiger partial charge in [-0.05, 0) is 35.5 Å². The van der Waals surface area contributed by atoms with Crippen LogP contribution < -0.4 is 15.5 Å². The van der Waals surface area contributed by atoms with E-state index in [-0.39, 0.29) is 10.5 Å². The van der Waals surface area contributed by atoms with Crippen molar-refractivity contribution in [1.29, 1.82) is 0 Å². The highest BCUT2D eigenvalue weighted by molar-refractivity contribution is 8.18. The molecule has 0 aromatic heterocycles. The zero-order valence-corrected chi connectivity index (χ0v) is 13.9. The number of nitrogens with one attached hydrogen (secondary N) is 2. The maximum atomic E-state index is 13.7. The molecule has 0 atom stereocenters. The summed E-state index contributed by atoms with van der Waals surface area (Å²) >= 11 is 0.780. The lowest BCUT2D eigenvalue weighted by molar-refractivity contribution is -0.115. The quantitative estimate of drug-likeness (QED) is 0.818. The van der Waals surface area contributed by atoms with E-state index in [1.54, 1.807) is 6.07 Å². The highest BCUT2D eigenvalue weighted by Crippen LogP contribution is 2.34. The molecule has 8 heteroatoms. The van der Waals surface area contributed by atoms with Crippen LogP contribution in [-0.4, -0.2) is 37.3 Å². The van der Waals surface area contributed by atoms with Gasteiger partial charge in [0, 0.05) is 44.4 Å². The first-order chi connectivity index (χ1) is 11.3. The summed E-state index contributed by atoms with van der Waals surface area (Å²) in [5.41, 5.74) is 1.18. The van der Waals surface area contributed by atoms with Gasteiger partial charge in [-0.3, -0.25) is 14.9 Å². The second-order valence-electron chi connectivity index (χ2n) is 5.75. The van der Waals surface area contributed by atoms with Crippen LogP contribution in [0.1, 0.15) is 18.1 Å². The van der Waals surface area contributed by atoms with Crippen molar-refractivity contribution >= 4 is 34.7 Å². The Morgan fingerprint density at radius 1 is 1.25 bits per heavy atom. The molecule has 2 N–H and O–H groups in total. The minimum absolute atomic E-state index is 0.122. The van der Waals surface area contributed by atoms with Gasteiger partial charge < -0.3 is 10.2 Å². The molecule has 1 aromatic carbocycles. The van der Waals surface area contributed by atoms with E-state index in [0.29, 0.717) is 5.56 Å². The Morgan fingerprint density at radius 3 is 2.54 bits per heavy atom. The lowest BCUT2D eigenvalue weighted by Crippen LogP contribution is -2.43. The van der Waals surface area contributed by atoms with E-state index >= 15 is 0 Å². The van der Waals surface area contributed by atoms with Crippen LogP contribution in [0.3, 0.4) is 0 Å². The van der Waals surface area contributed by atoms with Gasteiger partial charge >= 0.3 is 0 Å². The molecule has 0 aliphatic carbocycles. The summed E-state index contributed by atoms with van der Waals surface area (Å²) in [6.07, 6.45) is 1.51. The van der Waals surface area contributed by atoms with Crippen LogP contribution in [0, 0.1) is 0 Å². The van der Waals surface area contributed by atoms with Gasteiger partial charge in [-0.1, -0.05) is 6.07 Å². The van der Waals surface area contributed by atoms with Crippen LogP contribution in [0.4, 0.5) is 19.3 Å². The van der Waals surface area contributed by atoms with Crippen LogP contribution in [-0.2, 0) is 10.7 Å². The Hall–Kier alpha value is -1.93. The van der Waals surface area contributed by atoms with Crippen LogP contribution >= 0.6 is 11.8 Å². The molecule has 0 saturated carbocycles. The maximum absolute atomic E-state index is 13.7. The molecule has 2 fully saturated rings. The lowest BCUT2D eigenvalue weighted by Gasteiger charge is -2.31. The van der Waals surface area contributed by atoms with Gasteiger partial charge in [0.2, 0.25) is 0 Å². The molecular weight excluding hydrogens is 336 g/mol. The highest BCUT2D eigenvalue weighted by atomic mass is 32.2.